The number of Topliss-reactive ketones (excluding diaryl/α,β-unsaturated/α-hetero) is 2. The van der Waals surface area contributed by atoms with Crippen LogP contribution in [0.15, 0.2) is 133 Å². The van der Waals surface area contributed by atoms with Crippen molar-refractivity contribution in [3.05, 3.63) is 167 Å². The molecule has 0 saturated carbocycles. The van der Waals surface area contributed by atoms with Crippen LogP contribution >= 0.6 is 0 Å². The van der Waals surface area contributed by atoms with Gasteiger partial charge in [0.15, 0.2) is 25.2 Å². The molecule has 2 amide bonds. The molecule has 2 aromatic heterocycles. The van der Waals surface area contributed by atoms with Crippen LogP contribution < -0.4 is 9.80 Å². The summed E-state index contributed by atoms with van der Waals surface area (Å²) < 4.78 is 23.6. The first kappa shape index (κ1) is 98.5. The fourth-order valence-corrected chi connectivity index (χ4v) is 11.5. The molecular formula is C70H80N8O16Zr8. The Kier molecular flexibility index (Phi) is 48.6. The summed E-state index contributed by atoms with van der Waals surface area (Å²) in [5, 5.41) is 98.1. The normalized spacial score (nSPS) is 11.5. The smallest absolute Gasteiger partial charge is 0.227 e. The van der Waals surface area contributed by atoms with Gasteiger partial charge in [0.25, 0.3) is 0 Å². The van der Waals surface area contributed by atoms with Crippen LogP contribution in [0.25, 0.3) is 56.4 Å². The molecule has 2 aliphatic heterocycles. The summed E-state index contributed by atoms with van der Waals surface area (Å²) in [4.78, 5) is 55.9. The summed E-state index contributed by atoms with van der Waals surface area (Å²) in [5.41, 5.74) is 8.56. The molecule has 0 spiro atoms. The number of anilines is 2. The van der Waals surface area contributed by atoms with Crippen molar-refractivity contribution in [3.8, 4) is 56.4 Å². The van der Waals surface area contributed by atoms with Gasteiger partial charge in [-0.15, -0.1) is 10.2 Å². The third-order valence-corrected chi connectivity index (χ3v) is 16.3. The SMILES string of the molecule is COCCOCCCC(=O)CCCCC(=O)N1Cc2ccccc2-c2c(nnn2-c2cc(C(O)O)ccc2C(O)O)-c2ccccc21.COCCOCCCC(=O)CCCCC(=O)N1Cc2ccccc2-c2nnn(-c3cc(C(O)O)ccc3C(O)O)c2-c2ccccc21.[Zr].[Zr].[Zr].[Zr].[Zr].[Zr].[Zr].[Zr]. The zero-order valence-corrected chi connectivity index (χ0v) is 76.2. The Morgan fingerprint density at radius 2 is 0.735 bits per heavy atom. The first-order chi connectivity index (χ1) is 45.6. The van der Waals surface area contributed by atoms with Crippen molar-refractivity contribution in [2.75, 3.05) is 63.7 Å². The average Bonchev–Trinajstić information content (AvgIpc) is 1.38. The van der Waals surface area contributed by atoms with Gasteiger partial charge in [-0.1, -0.05) is 120 Å². The number of carbonyl (C=O) groups is 4. The van der Waals surface area contributed by atoms with Crippen molar-refractivity contribution in [3.63, 3.8) is 0 Å². The second kappa shape index (κ2) is 50.3. The van der Waals surface area contributed by atoms with E-state index in [1.807, 2.05) is 97.1 Å². The van der Waals surface area contributed by atoms with Crippen LogP contribution in [0.5, 0.6) is 0 Å². The van der Waals surface area contributed by atoms with Gasteiger partial charge in [0, 0.05) is 320 Å². The van der Waals surface area contributed by atoms with Crippen LogP contribution in [0.4, 0.5) is 11.4 Å². The van der Waals surface area contributed by atoms with E-state index in [0.29, 0.717) is 149 Å². The topological polar surface area (TPSA) is 335 Å². The molecule has 0 unspecified atom stereocenters. The number of carbonyl (C=O) groups excluding carboxylic acids is 4. The number of hydrogen-bond donors (Lipinski definition) is 8. The Morgan fingerprint density at radius 1 is 0.382 bits per heavy atom. The molecule has 2 aliphatic rings. The Hall–Kier alpha value is -1.54. The van der Waals surface area contributed by atoms with E-state index in [4.69, 9.17) is 18.9 Å². The number of amides is 2. The first-order valence-electron chi connectivity index (χ1n) is 31.4. The maximum absolute atomic E-state index is 13.9. The van der Waals surface area contributed by atoms with Crippen molar-refractivity contribution < 1.29 is 289 Å². The van der Waals surface area contributed by atoms with E-state index in [1.165, 1.54) is 45.8 Å². The van der Waals surface area contributed by atoms with E-state index in [0.717, 1.165) is 22.3 Å². The Balaban J connectivity index is 0.000000946. The fourth-order valence-electron chi connectivity index (χ4n) is 11.5. The molecule has 528 valence electrons. The average molecular weight is 2020 g/mol. The number of benzene rings is 6. The molecule has 24 nitrogen and oxygen atoms in total. The molecule has 8 N–H and O–H groups in total. The van der Waals surface area contributed by atoms with Crippen molar-refractivity contribution in [1.82, 2.24) is 30.0 Å². The molecule has 0 atom stereocenters. The maximum atomic E-state index is 13.9. The second-order valence-electron chi connectivity index (χ2n) is 22.7. The number of hydrogen-bond acceptors (Lipinski definition) is 20. The van der Waals surface area contributed by atoms with E-state index in [9.17, 15) is 60.0 Å². The predicted molar refractivity (Wildman–Crippen MR) is 346 cm³/mol. The summed E-state index contributed by atoms with van der Waals surface area (Å²) in [7, 11) is 3.23. The standard InChI is InChI=1S/2C35H40N4O8.8Zr/c1-46-19-20-47-18-8-11-25(40)10-3-7-15-31(41)38-22-24-9-2-4-12-26(24)33-32(27-13-5-6-14-29(27)38)36-37-39(33)30-21-23(34(42)43)16-17-28(30)35(44)45;1-46-19-20-47-18-8-11-25(40)10-3-7-15-31(41)38-22-24-9-2-4-12-26(24)32-33(27-13-5-6-14-29(27)38)39(37-36-32)30-21-23(34(42)43)16-17-28(30)35(44)45;;;;;;;;/h2*2,4-6,9,12-14,16-17,21,34-35,42-45H,3,7-8,10-11,15,18-20,22H2,1H3;;;;;;;;. The minimum Gasteiger partial charge on any atom is -0.382 e. The predicted octanol–water partition coefficient (Wildman–Crippen LogP) is 7.95. The van der Waals surface area contributed by atoms with Gasteiger partial charge in [-0.05, 0) is 73.9 Å². The Morgan fingerprint density at radius 3 is 1.17 bits per heavy atom. The molecule has 0 aliphatic carbocycles. The van der Waals surface area contributed by atoms with Crippen LogP contribution in [-0.2, 0) is 261 Å². The number of para-hydroxylation sites is 2. The van der Waals surface area contributed by atoms with Crippen molar-refractivity contribution in [2.45, 2.75) is 115 Å². The number of unbranched alkanes of at least 4 members (excludes halogenated alkanes) is 2. The molecule has 10 rings (SSSR count). The minimum absolute atomic E-state index is 0. The third-order valence-electron chi connectivity index (χ3n) is 16.3. The van der Waals surface area contributed by atoms with Crippen LogP contribution in [-0.4, -0.2) is 148 Å². The molecule has 8 aromatic rings. The molecule has 0 fully saturated rings. The molecule has 0 radical (unpaired) electrons. The number of fused-ring (bicyclic) bond motifs is 10. The van der Waals surface area contributed by atoms with Crippen LogP contribution in [0, 0.1) is 0 Å². The van der Waals surface area contributed by atoms with Gasteiger partial charge < -0.3 is 69.6 Å². The number of nitrogens with zero attached hydrogens (tertiary/aromatic N) is 8. The number of rotatable bonds is 30. The maximum Gasteiger partial charge on any atom is 0.227 e. The van der Waals surface area contributed by atoms with E-state index >= 15 is 0 Å². The van der Waals surface area contributed by atoms with Crippen LogP contribution in [0.2, 0.25) is 0 Å². The van der Waals surface area contributed by atoms with Gasteiger partial charge in [0.1, 0.15) is 34.3 Å². The Labute approximate surface area is 745 Å². The molecular weight excluding hydrogens is 1940 g/mol. The van der Waals surface area contributed by atoms with E-state index in [1.54, 1.807) is 24.0 Å². The zero-order chi connectivity index (χ0) is 66.7. The molecule has 0 saturated heterocycles. The third kappa shape index (κ3) is 26.3. The number of aliphatic hydroxyl groups excluding tert-OH is 4. The van der Waals surface area contributed by atoms with Crippen LogP contribution in [0.3, 0.4) is 0 Å². The monoisotopic (exact) mass is 2010 g/mol. The quantitative estimate of drug-likeness (QED) is 0.0156. The number of aliphatic hydroxyl groups is 8. The summed E-state index contributed by atoms with van der Waals surface area (Å²) >= 11 is 0. The van der Waals surface area contributed by atoms with E-state index in [-0.39, 0.29) is 293 Å². The summed E-state index contributed by atoms with van der Waals surface area (Å²) in [5.74, 6) is 0.115. The number of ether oxygens (including phenoxy) is 4. The van der Waals surface area contributed by atoms with E-state index in [2.05, 4.69) is 20.6 Å². The molecule has 102 heavy (non-hydrogen) atoms. The number of methoxy groups -OCH3 is 2. The minimum atomic E-state index is -1.88. The molecule has 6 aromatic carbocycles. The molecule has 32 heteroatoms. The first-order valence-corrected chi connectivity index (χ1v) is 31.4. The van der Waals surface area contributed by atoms with Crippen molar-refractivity contribution in [1.29, 1.82) is 0 Å². The van der Waals surface area contributed by atoms with E-state index < -0.39 is 25.2 Å². The van der Waals surface area contributed by atoms with Crippen molar-refractivity contribution >= 4 is 34.8 Å². The fraction of sp³-hybridized carbons (Fsp3) is 0.371. The molecule has 0 bridgehead atoms. The summed E-state index contributed by atoms with van der Waals surface area (Å²) in [6, 6.07) is 38.3. The zero-order valence-electron chi connectivity index (χ0n) is 56.6. The number of ketones is 2. The van der Waals surface area contributed by atoms with Gasteiger partial charge in [-0.25, -0.2) is 9.36 Å². The van der Waals surface area contributed by atoms with Crippen LogP contribution in [0.1, 0.15) is 136 Å². The van der Waals surface area contributed by atoms with Gasteiger partial charge in [0.2, 0.25) is 11.8 Å². The molecule has 4 heterocycles. The van der Waals surface area contributed by atoms with Gasteiger partial charge in [-0.3, -0.25) is 19.2 Å². The summed E-state index contributed by atoms with van der Waals surface area (Å²) in [6.07, 6.45) is -1.50. The van der Waals surface area contributed by atoms with Gasteiger partial charge in [0.05, 0.1) is 62.3 Å². The van der Waals surface area contributed by atoms with Gasteiger partial charge in [-0.2, -0.15) is 0 Å². The van der Waals surface area contributed by atoms with Gasteiger partial charge >= 0.3 is 0 Å². The largest absolute Gasteiger partial charge is 0.382 e. The summed E-state index contributed by atoms with van der Waals surface area (Å²) in [6.45, 7) is 3.63. The van der Waals surface area contributed by atoms with Crippen molar-refractivity contribution in [2.24, 2.45) is 0 Å². The second-order valence-corrected chi connectivity index (χ2v) is 22.7. The Bertz CT molecular complexity index is 3910. The number of aromatic nitrogens is 6.